The van der Waals surface area contributed by atoms with Crippen molar-refractivity contribution in [3.05, 3.63) is 33.8 Å². The average Bonchev–Trinajstić information content (AvgIpc) is 2.24. The lowest BCUT2D eigenvalue weighted by atomic mass is 10.0. The Kier molecular flexibility index (Phi) is 4.44. The zero-order chi connectivity index (χ0) is 12.3. The van der Waals surface area contributed by atoms with E-state index in [9.17, 15) is 14.0 Å². The van der Waals surface area contributed by atoms with Crippen LogP contribution in [-0.2, 0) is 4.79 Å². The normalized spacial score (nSPS) is 12.2. The molecule has 1 aromatic carbocycles. The second-order valence-electron chi connectivity index (χ2n) is 3.20. The Morgan fingerprint density at radius 1 is 1.25 bits per heavy atom. The summed E-state index contributed by atoms with van der Waals surface area (Å²) < 4.78 is 13.4. The minimum absolute atomic E-state index is 0.00630. The molecule has 2 nitrogen and oxygen atoms in total. The van der Waals surface area contributed by atoms with E-state index in [0.29, 0.717) is 0 Å². The highest BCUT2D eigenvalue weighted by Gasteiger charge is 2.25. The first-order valence-corrected chi connectivity index (χ1v) is 5.38. The standard InChI is InChI=1S/C11H9Cl2FO2/c1-2-9(15)10(14)11(16)6-3-7(12)5-8(13)4-6/h3-5,10H,2H2,1H3. The van der Waals surface area contributed by atoms with Crippen LogP contribution >= 0.6 is 23.2 Å². The first-order chi connectivity index (χ1) is 7.45. The Bertz CT molecular complexity index is 412. The van der Waals surface area contributed by atoms with Crippen molar-refractivity contribution < 1.29 is 14.0 Å². The Morgan fingerprint density at radius 2 is 1.75 bits per heavy atom. The second-order valence-corrected chi connectivity index (χ2v) is 4.08. The van der Waals surface area contributed by atoms with Crippen molar-refractivity contribution in [1.82, 2.24) is 0 Å². The van der Waals surface area contributed by atoms with E-state index >= 15 is 0 Å². The van der Waals surface area contributed by atoms with Gasteiger partial charge in [0.1, 0.15) is 0 Å². The van der Waals surface area contributed by atoms with E-state index in [4.69, 9.17) is 23.2 Å². The maximum absolute atomic E-state index is 13.4. The number of ketones is 2. The third-order valence-corrected chi connectivity index (χ3v) is 2.44. The van der Waals surface area contributed by atoms with E-state index in [1.807, 2.05) is 0 Å². The molecule has 0 aliphatic rings. The maximum atomic E-state index is 13.4. The van der Waals surface area contributed by atoms with Crippen molar-refractivity contribution in [2.45, 2.75) is 19.5 Å². The van der Waals surface area contributed by atoms with E-state index < -0.39 is 17.7 Å². The van der Waals surface area contributed by atoms with Crippen LogP contribution in [0.1, 0.15) is 23.7 Å². The Labute approximate surface area is 102 Å². The van der Waals surface area contributed by atoms with Gasteiger partial charge in [0.05, 0.1) is 0 Å². The van der Waals surface area contributed by atoms with Crippen LogP contribution in [0.5, 0.6) is 0 Å². The highest BCUT2D eigenvalue weighted by atomic mass is 35.5. The molecule has 0 amide bonds. The topological polar surface area (TPSA) is 34.1 Å². The summed E-state index contributed by atoms with van der Waals surface area (Å²) in [6, 6.07) is 3.99. The second kappa shape index (κ2) is 5.41. The maximum Gasteiger partial charge on any atom is 0.220 e. The molecule has 86 valence electrons. The van der Waals surface area contributed by atoms with Gasteiger partial charge in [-0.15, -0.1) is 0 Å². The smallest absolute Gasteiger partial charge is 0.220 e. The number of carbonyl (C=O) groups excluding carboxylic acids is 2. The van der Waals surface area contributed by atoms with Crippen molar-refractivity contribution in [2.75, 3.05) is 0 Å². The molecule has 1 unspecified atom stereocenters. The molecule has 0 spiro atoms. The number of hydrogen-bond donors (Lipinski definition) is 0. The molecule has 0 heterocycles. The van der Waals surface area contributed by atoms with Crippen LogP contribution in [0.2, 0.25) is 10.0 Å². The van der Waals surface area contributed by atoms with Gasteiger partial charge in [-0.1, -0.05) is 30.1 Å². The van der Waals surface area contributed by atoms with Gasteiger partial charge in [-0.3, -0.25) is 9.59 Å². The molecule has 1 atom stereocenters. The van der Waals surface area contributed by atoms with Gasteiger partial charge in [0.2, 0.25) is 12.0 Å². The number of Topliss-reactive ketones (excluding diaryl/α,β-unsaturated/α-hetero) is 2. The summed E-state index contributed by atoms with van der Waals surface area (Å²) >= 11 is 11.3. The highest BCUT2D eigenvalue weighted by molar-refractivity contribution is 6.35. The van der Waals surface area contributed by atoms with Gasteiger partial charge in [-0.25, -0.2) is 4.39 Å². The van der Waals surface area contributed by atoms with Gasteiger partial charge in [0.15, 0.2) is 5.78 Å². The van der Waals surface area contributed by atoms with Crippen LogP contribution in [0, 0.1) is 0 Å². The molecule has 0 saturated heterocycles. The molecule has 0 aliphatic carbocycles. The van der Waals surface area contributed by atoms with Crippen molar-refractivity contribution >= 4 is 34.8 Å². The molecule has 0 bridgehead atoms. The van der Waals surface area contributed by atoms with Crippen LogP contribution in [0.4, 0.5) is 4.39 Å². The van der Waals surface area contributed by atoms with E-state index in [0.717, 1.165) is 0 Å². The number of benzene rings is 1. The van der Waals surface area contributed by atoms with Gasteiger partial charge >= 0.3 is 0 Å². The Balaban J connectivity index is 3.00. The number of halogens is 3. The average molecular weight is 263 g/mol. The third-order valence-electron chi connectivity index (χ3n) is 2.01. The third kappa shape index (κ3) is 3.03. The van der Waals surface area contributed by atoms with Crippen LogP contribution in [0.15, 0.2) is 18.2 Å². The Morgan fingerprint density at radius 3 is 2.19 bits per heavy atom. The van der Waals surface area contributed by atoms with Crippen molar-refractivity contribution in [3.63, 3.8) is 0 Å². The van der Waals surface area contributed by atoms with E-state index in [1.54, 1.807) is 0 Å². The molecule has 1 aromatic rings. The van der Waals surface area contributed by atoms with Crippen LogP contribution in [-0.4, -0.2) is 17.7 Å². The summed E-state index contributed by atoms with van der Waals surface area (Å²) in [5.41, 5.74) is 0.00630. The SMILES string of the molecule is CCC(=O)C(F)C(=O)c1cc(Cl)cc(Cl)c1. The van der Waals surface area contributed by atoms with Gasteiger partial charge in [0, 0.05) is 22.0 Å². The molecule has 16 heavy (non-hydrogen) atoms. The van der Waals surface area contributed by atoms with E-state index in [1.165, 1.54) is 25.1 Å². The molecule has 1 rings (SSSR count). The summed E-state index contributed by atoms with van der Waals surface area (Å²) in [6.07, 6.45) is -2.17. The lowest BCUT2D eigenvalue weighted by Gasteiger charge is -2.06. The Hall–Kier alpha value is -0.930. The quantitative estimate of drug-likeness (QED) is 0.615. The number of carbonyl (C=O) groups is 2. The predicted octanol–water partition coefficient (Wildman–Crippen LogP) is 3.49. The lowest BCUT2D eigenvalue weighted by molar-refractivity contribution is -0.121. The molecule has 0 radical (unpaired) electrons. The van der Waals surface area contributed by atoms with Crippen LogP contribution < -0.4 is 0 Å². The first-order valence-electron chi connectivity index (χ1n) is 4.62. The van der Waals surface area contributed by atoms with Crippen LogP contribution in [0.25, 0.3) is 0 Å². The highest BCUT2D eigenvalue weighted by Crippen LogP contribution is 2.21. The summed E-state index contributed by atoms with van der Waals surface area (Å²) in [4.78, 5) is 22.6. The molecule has 0 aromatic heterocycles. The van der Waals surface area contributed by atoms with Gasteiger partial charge < -0.3 is 0 Å². The minimum Gasteiger partial charge on any atom is -0.296 e. The monoisotopic (exact) mass is 262 g/mol. The molecular weight excluding hydrogens is 254 g/mol. The van der Waals surface area contributed by atoms with Gasteiger partial charge in [0.25, 0.3) is 0 Å². The summed E-state index contributed by atoms with van der Waals surface area (Å²) in [7, 11) is 0. The number of alkyl halides is 1. The first kappa shape index (κ1) is 13.1. The fourth-order valence-electron chi connectivity index (χ4n) is 1.17. The number of rotatable bonds is 4. The minimum atomic E-state index is -2.14. The van der Waals surface area contributed by atoms with Gasteiger partial charge in [-0.2, -0.15) is 0 Å². The molecule has 0 saturated carbocycles. The summed E-state index contributed by atoms with van der Waals surface area (Å²) in [6.45, 7) is 1.49. The number of hydrogen-bond acceptors (Lipinski definition) is 2. The van der Waals surface area contributed by atoms with E-state index in [-0.39, 0.29) is 22.0 Å². The van der Waals surface area contributed by atoms with Crippen LogP contribution in [0.3, 0.4) is 0 Å². The molecule has 0 N–H and O–H groups in total. The van der Waals surface area contributed by atoms with Crippen molar-refractivity contribution in [2.24, 2.45) is 0 Å². The molecule has 0 aliphatic heterocycles. The predicted molar refractivity (Wildman–Crippen MR) is 61.0 cm³/mol. The summed E-state index contributed by atoms with van der Waals surface area (Å²) in [5.74, 6) is -1.66. The largest absolute Gasteiger partial charge is 0.296 e. The zero-order valence-corrected chi connectivity index (χ0v) is 9.98. The lowest BCUT2D eigenvalue weighted by Crippen LogP contribution is -2.25. The molecule has 5 heteroatoms. The fraction of sp³-hybridized carbons (Fsp3) is 0.273. The zero-order valence-electron chi connectivity index (χ0n) is 8.47. The van der Waals surface area contributed by atoms with Crippen molar-refractivity contribution in [1.29, 1.82) is 0 Å². The molecular formula is C11H9Cl2FO2. The fourth-order valence-corrected chi connectivity index (χ4v) is 1.69. The summed E-state index contributed by atoms with van der Waals surface area (Å²) in [5, 5.41) is 0.457. The molecule has 0 fully saturated rings. The van der Waals surface area contributed by atoms with Crippen molar-refractivity contribution in [3.8, 4) is 0 Å². The van der Waals surface area contributed by atoms with E-state index in [2.05, 4.69) is 0 Å². The van der Waals surface area contributed by atoms with Gasteiger partial charge in [-0.05, 0) is 18.2 Å².